The van der Waals surface area contributed by atoms with E-state index in [1.807, 2.05) is 19.9 Å². The Bertz CT molecular complexity index is 773. The molecule has 0 aromatic heterocycles. The van der Waals surface area contributed by atoms with Crippen LogP contribution < -0.4 is 10.2 Å². The van der Waals surface area contributed by atoms with Crippen molar-refractivity contribution in [1.29, 1.82) is 0 Å². The van der Waals surface area contributed by atoms with Crippen LogP contribution in [0.25, 0.3) is 0 Å². The molecule has 2 aromatic carbocycles. The molecule has 1 heterocycles. The molecule has 3 rings (SSSR count). The van der Waals surface area contributed by atoms with Crippen LogP contribution in [0.3, 0.4) is 0 Å². The normalized spacial score (nSPS) is 15.8. The minimum absolute atomic E-state index is 0.117. The largest absolute Gasteiger partial charge is 0.456 e. The number of aryl methyl sites for hydroxylation is 2. The van der Waals surface area contributed by atoms with E-state index in [1.165, 1.54) is 22.2 Å². The van der Waals surface area contributed by atoms with Crippen LogP contribution in [0, 0.1) is 25.6 Å². The van der Waals surface area contributed by atoms with Gasteiger partial charge in [-0.05, 0) is 49.8 Å². The Kier molecular flexibility index (Phi) is 4.70. The van der Waals surface area contributed by atoms with Crippen LogP contribution in [-0.4, -0.2) is 7.85 Å². The van der Waals surface area contributed by atoms with Gasteiger partial charge >= 0.3 is 0 Å². The molecule has 0 radical (unpaired) electrons. The summed E-state index contributed by atoms with van der Waals surface area (Å²) in [5, 5.41) is 0. The third-order valence-corrected chi connectivity index (χ3v) is 5.72. The minimum Gasteiger partial charge on any atom is -0.456 e. The first-order valence-electron chi connectivity index (χ1n) is 9.44. The lowest BCUT2D eigenvalue weighted by atomic mass is 9.74. The molecule has 1 aliphatic heterocycles. The van der Waals surface area contributed by atoms with Crippen LogP contribution in [-0.2, 0) is 12.8 Å². The van der Waals surface area contributed by atoms with Gasteiger partial charge in [0.25, 0.3) is 0 Å². The predicted molar refractivity (Wildman–Crippen MR) is 106 cm³/mol. The van der Waals surface area contributed by atoms with E-state index in [-0.39, 0.29) is 11.7 Å². The first kappa shape index (κ1) is 18.0. The number of fused-ring (bicyclic) bond motifs is 2. The molecule has 2 aromatic rings. The molecule has 0 saturated carbocycles. The van der Waals surface area contributed by atoms with Gasteiger partial charge in [0, 0.05) is 22.6 Å². The summed E-state index contributed by atoms with van der Waals surface area (Å²) in [5.41, 5.74) is 7.69. The number of halogens is 1. The van der Waals surface area contributed by atoms with E-state index < -0.39 is 0 Å². The monoisotopic (exact) mass is 338 g/mol. The van der Waals surface area contributed by atoms with Gasteiger partial charge in [-0.25, -0.2) is 4.39 Å². The SMILES string of the molecule is Bc1c(C)cc2c(c1CC)Oc1c(cc(C)c(F)c1CC)C2C(C)C. The molecule has 3 heteroatoms. The van der Waals surface area contributed by atoms with Crippen LogP contribution in [0.15, 0.2) is 12.1 Å². The summed E-state index contributed by atoms with van der Waals surface area (Å²) in [6.07, 6.45) is 1.56. The van der Waals surface area contributed by atoms with E-state index in [0.29, 0.717) is 23.5 Å². The molecule has 1 atom stereocenters. The standard InChI is InChI=1S/C22H28BFO/c1-7-14-19(23)12(5)9-16-18(11(3)4)17-10-13(6)20(24)15(8-2)22(17)25-21(14)16/h9-11,18H,7-8,23H2,1-6H3. The summed E-state index contributed by atoms with van der Waals surface area (Å²) in [5.74, 6) is 2.27. The molecule has 0 fully saturated rings. The highest BCUT2D eigenvalue weighted by Crippen LogP contribution is 2.51. The van der Waals surface area contributed by atoms with Crippen molar-refractivity contribution >= 4 is 13.3 Å². The lowest BCUT2D eigenvalue weighted by molar-refractivity contribution is 0.405. The van der Waals surface area contributed by atoms with Gasteiger partial charge in [0.15, 0.2) is 0 Å². The molecular formula is C22H28BFO. The second-order valence-corrected chi connectivity index (χ2v) is 7.65. The Hall–Kier alpha value is -1.77. The maximum atomic E-state index is 14.7. The van der Waals surface area contributed by atoms with Crippen LogP contribution in [0.4, 0.5) is 4.39 Å². The molecule has 25 heavy (non-hydrogen) atoms. The van der Waals surface area contributed by atoms with Gasteiger partial charge in [-0.2, -0.15) is 0 Å². The van der Waals surface area contributed by atoms with Crippen molar-refractivity contribution in [2.45, 2.75) is 60.3 Å². The summed E-state index contributed by atoms with van der Waals surface area (Å²) in [4.78, 5) is 0. The quantitative estimate of drug-likeness (QED) is 0.736. The van der Waals surface area contributed by atoms with Crippen molar-refractivity contribution in [1.82, 2.24) is 0 Å². The highest BCUT2D eigenvalue weighted by atomic mass is 19.1. The minimum atomic E-state index is -0.117. The topological polar surface area (TPSA) is 9.23 Å². The summed E-state index contributed by atoms with van der Waals surface area (Å²) < 4.78 is 21.2. The van der Waals surface area contributed by atoms with Gasteiger partial charge in [-0.1, -0.05) is 44.8 Å². The summed E-state index contributed by atoms with van der Waals surface area (Å²) in [6.45, 7) is 12.7. The van der Waals surface area contributed by atoms with Crippen molar-refractivity contribution in [3.8, 4) is 11.5 Å². The Balaban J connectivity index is 2.37. The molecule has 0 spiro atoms. The molecule has 0 N–H and O–H groups in total. The fourth-order valence-electron chi connectivity index (χ4n) is 4.30. The molecule has 1 nitrogen and oxygen atoms in total. The third-order valence-electron chi connectivity index (χ3n) is 5.72. The Labute approximate surface area is 152 Å². The second-order valence-electron chi connectivity index (χ2n) is 7.65. The van der Waals surface area contributed by atoms with Gasteiger partial charge in [0.05, 0.1) is 0 Å². The van der Waals surface area contributed by atoms with Crippen molar-refractivity contribution in [3.05, 3.63) is 51.3 Å². The lowest BCUT2D eigenvalue weighted by Crippen LogP contribution is -2.23. The number of hydrogen-bond donors (Lipinski definition) is 0. The average molecular weight is 338 g/mol. The summed E-state index contributed by atoms with van der Waals surface area (Å²) in [7, 11) is 2.16. The highest BCUT2D eigenvalue weighted by molar-refractivity contribution is 6.34. The van der Waals surface area contributed by atoms with Gasteiger partial charge in [0.1, 0.15) is 25.2 Å². The summed E-state index contributed by atoms with van der Waals surface area (Å²) >= 11 is 0. The van der Waals surface area contributed by atoms with E-state index in [1.54, 1.807) is 0 Å². The molecule has 1 unspecified atom stereocenters. The van der Waals surface area contributed by atoms with E-state index in [0.717, 1.165) is 23.5 Å². The first-order valence-corrected chi connectivity index (χ1v) is 9.44. The third kappa shape index (κ3) is 2.68. The maximum Gasteiger partial charge on any atom is 0.140 e. The van der Waals surface area contributed by atoms with E-state index in [9.17, 15) is 4.39 Å². The van der Waals surface area contributed by atoms with E-state index in [4.69, 9.17) is 4.74 Å². The molecule has 0 saturated heterocycles. The number of benzene rings is 2. The zero-order valence-corrected chi connectivity index (χ0v) is 16.5. The van der Waals surface area contributed by atoms with Crippen LogP contribution in [0.5, 0.6) is 11.5 Å². The Morgan fingerprint density at radius 3 is 2.04 bits per heavy atom. The first-order chi connectivity index (χ1) is 11.8. The van der Waals surface area contributed by atoms with Crippen LogP contribution >= 0.6 is 0 Å². The van der Waals surface area contributed by atoms with E-state index >= 15 is 0 Å². The van der Waals surface area contributed by atoms with Gasteiger partial charge in [-0.3, -0.25) is 0 Å². The van der Waals surface area contributed by atoms with E-state index in [2.05, 4.69) is 41.6 Å². The zero-order chi connectivity index (χ0) is 18.5. The van der Waals surface area contributed by atoms with Gasteiger partial charge in [0.2, 0.25) is 0 Å². The van der Waals surface area contributed by atoms with Gasteiger partial charge < -0.3 is 4.74 Å². The van der Waals surface area contributed by atoms with Crippen molar-refractivity contribution in [2.24, 2.45) is 5.92 Å². The molecule has 132 valence electrons. The molecule has 1 aliphatic rings. The second kappa shape index (κ2) is 6.51. The highest BCUT2D eigenvalue weighted by Gasteiger charge is 2.34. The summed E-state index contributed by atoms with van der Waals surface area (Å²) in [6, 6.07) is 4.28. The number of rotatable bonds is 3. The molecule has 0 aliphatic carbocycles. The fourth-order valence-corrected chi connectivity index (χ4v) is 4.30. The van der Waals surface area contributed by atoms with Crippen molar-refractivity contribution < 1.29 is 9.13 Å². The average Bonchev–Trinajstić information content (AvgIpc) is 2.56. The molecule has 0 amide bonds. The number of ether oxygens (including phenoxy) is 1. The Morgan fingerprint density at radius 2 is 1.52 bits per heavy atom. The maximum absolute atomic E-state index is 14.7. The van der Waals surface area contributed by atoms with Crippen LogP contribution in [0.2, 0.25) is 0 Å². The van der Waals surface area contributed by atoms with Gasteiger partial charge in [-0.15, -0.1) is 0 Å². The zero-order valence-electron chi connectivity index (χ0n) is 16.5. The fraction of sp³-hybridized carbons (Fsp3) is 0.455. The predicted octanol–water partition coefficient (Wildman–Crippen LogP) is 4.72. The van der Waals surface area contributed by atoms with Crippen molar-refractivity contribution in [3.63, 3.8) is 0 Å². The van der Waals surface area contributed by atoms with Crippen molar-refractivity contribution in [2.75, 3.05) is 0 Å². The molecule has 0 bridgehead atoms. The molecular weight excluding hydrogens is 310 g/mol. The number of hydrogen-bond acceptors (Lipinski definition) is 1. The van der Waals surface area contributed by atoms with Crippen LogP contribution in [0.1, 0.15) is 67.0 Å². The lowest BCUT2D eigenvalue weighted by Gasteiger charge is -2.35. The Morgan fingerprint density at radius 1 is 1.00 bits per heavy atom. The smallest absolute Gasteiger partial charge is 0.140 e.